The molecule has 18 heavy (non-hydrogen) atoms. The first-order valence-corrected chi connectivity index (χ1v) is 6.05. The molecule has 1 saturated carbocycles. The van der Waals surface area contributed by atoms with Crippen LogP contribution in [0.15, 0.2) is 18.3 Å². The van der Waals surface area contributed by atoms with Crippen molar-refractivity contribution in [3.05, 3.63) is 29.8 Å². The van der Waals surface area contributed by atoms with Crippen LogP contribution in [0.2, 0.25) is 0 Å². The van der Waals surface area contributed by atoms with Crippen molar-refractivity contribution in [1.82, 2.24) is 20.2 Å². The SMILES string of the molecule is CC(O)c1nccc(Nc2cc(C3CC3)[nH]n2)n1. The number of aliphatic hydroxyl groups is 1. The van der Waals surface area contributed by atoms with Crippen molar-refractivity contribution in [2.45, 2.75) is 31.8 Å². The lowest BCUT2D eigenvalue weighted by Crippen LogP contribution is -2.02. The summed E-state index contributed by atoms with van der Waals surface area (Å²) in [4.78, 5) is 8.21. The van der Waals surface area contributed by atoms with Crippen LogP contribution in [0.1, 0.15) is 43.3 Å². The Morgan fingerprint density at radius 1 is 1.44 bits per heavy atom. The maximum atomic E-state index is 9.42. The number of hydrogen-bond acceptors (Lipinski definition) is 5. The van der Waals surface area contributed by atoms with Crippen molar-refractivity contribution in [2.24, 2.45) is 0 Å². The molecule has 0 bridgehead atoms. The molecule has 3 N–H and O–H groups in total. The standard InChI is InChI=1S/C12H15N5O/c1-7(18)12-13-5-4-10(15-12)14-11-6-9(16-17-11)8-2-3-8/h4-8,18H,2-3H2,1H3,(H2,13,14,15,16,17). The van der Waals surface area contributed by atoms with Gasteiger partial charge in [-0.15, -0.1) is 0 Å². The minimum absolute atomic E-state index is 0.401. The lowest BCUT2D eigenvalue weighted by atomic mass is 10.3. The van der Waals surface area contributed by atoms with Gasteiger partial charge in [-0.1, -0.05) is 0 Å². The van der Waals surface area contributed by atoms with E-state index in [1.165, 1.54) is 18.5 Å². The molecule has 1 atom stereocenters. The number of aromatic amines is 1. The Kier molecular flexibility index (Phi) is 2.71. The first-order valence-electron chi connectivity index (χ1n) is 6.05. The van der Waals surface area contributed by atoms with E-state index in [2.05, 4.69) is 25.5 Å². The third-order valence-corrected chi connectivity index (χ3v) is 2.92. The quantitative estimate of drug-likeness (QED) is 0.765. The molecule has 2 aromatic heterocycles. The summed E-state index contributed by atoms with van der Waals surface area (Å²) in [6.45, 7) is 1.64. The second kappa shape index (κ2) is 4.38. The fourth-order valence-electron chi connectivity index (χ4n) is 1.78. The fraction of sp³-hybridized carbons (Fsp3) is 0.417. The van der Waals surface area contributed by atoms with Crippen molar-refractivity contribution in [2.75, 3.05) is 5.32 Å². The average molecular weight is 245 g/mol. The predicted molar refractivity (Wildman–Crippen MR) is 66.5 cm³/mol. The zero-order valence-electron chi connectivity index (χ0n) is 10.1. The molecule has 1 fully saturated rings. The van der Waals surface area contributed by atoms with E-state index in [0.717, 1.165) is 5.82 Å². The summed E-state index contributed by atoms with van der Waals surface area (Å²) < 4.78 is 0. The largest absolute Gasteiger partial charge is 0.385 e. The lowest BCUT2D eigenvalue weighted by molar-refractivity contribution is 0.189. The van der Waals surface area contributed by atoms with Gasteiger partial charge in [0.2, 0.25) is 0 Å². The van der Waals surface area contributed by atoms with Crippen molar-refractivity contribution in [3.63, 3.8) is 0 Å². The van der Waals surface area contributed by atoms with Crippen molar-refractivity contribution >= 4 is 11.6 Å². The summed E-state index contributed by atoms with van der Waals surface area (Å²) in [5, 5.41) is 19.7. The van der Waals surface area contributed by atoms with Crippen molar-refractivity contribution in [3.8, 4) is 0 Å². The first-order chi connectivity index (χ1) is 8.72. The molecule has 0 saturated heterocycles. The van der Waals surface area contributed by atoms with Crippen molar-refractivity contribution in [1.29, 1.82) is 0 Å². The van der Waals surface area contributed by atoms with Gasteiger partial charge in [0.1, 0.15) is 11.9 Å². The van der Waals surface area contributed by atoms with E-state index in [-0.39, 0.29) is 0 Å². The van der Waals surface area contributed by atoms with E-state index in [0.29, 0.717) is 17.6 Å². The van der Waals surface area contributed by atoms with E-state index in [1.807, 2.05) is 6.07 Å². The van der Waals surface area contributed by atoms with Crippen LogP contribution >= 0.6 is 0 Å². The Bertz CT molecular complexity index is 547. The van der Waals surface area contributed by atoms with Crippen LogP contribution in [0.25, 0.3) is 0 Å². The summed E-state index contributed by atoms with van der Waals surface area (Å²) in [5.74, 6) is 2.42. The van der Waals surface area contributed by atoms with Gasteiger partial charge < -0.3 is 10.4 Å². The lowest BCUT2D eigenvalue weighted by Gasteiger charge is -2.05. The van der Waals surface area contributed by atoms with Gasteiger partial charge in [-0.3, -0.25) is 5.10 Å². The third-order valence-electron chi connectivity index (χ3n) is 2.92. The predicted octanol–water partition coefficient (Wildman–Crippen LogP) is 1.87. The fourth-order valence-corrected chi connectivity index (χ4v) is 1.78. The Morgan fingerprint density at radius 3 is 3.00 bits per heavy atom. The van der Waals surface area contributed by atoms with Crippen LogP contribution in [0, 0.1) is 0 Å². The highest BCUT2D eigenvalue weighted by molar-refractivity contribution is 5.51. The summed E-state index contributed by atoms with van der Waals surface area (Å²) in [7, 11) is 0. The summed E-state index contributed by atoms with van der Waals surface area (Å²) in [5.41, 5.74) is 1.17. The maximum absolute atomic E-state index is 9.42. The van der Waals surface area contributed by atoms with Crippen LogP contribution in [0.3, 0.4) is 0 Å². The Labute approximate surface area is 104 Å². The van der Waals surface area contributed by atoms with E-state index in [9.17, 15) is 5.11 Å². The molecule has 94 valence electrons. The third kappa shape index (κ3) is 2.33. The highest BCUT2D eigenvalue weighted by Crippen LogP contribution is 2.39. The normalized spacial score (nSPS) is 16.6. The van der Waals surface area contributed by atoms with Crippen LogP contribution in [-0.4, -0.2) is 25.3 Å². The number of nitrogens with one attached hydrogen (secondary N) is 2. The van der Waals surface area contributed by atoms with Crippen LogP contribution in [0.5, 0.6) is 0 Å². The van der Waals surface area contributed by atoms with Gasteiger partial charge in [0.05, 0.1) is 0 Å². The maximum Gasteiger partial charge on any atom is 0.158 e. The van der Waals surface area contributed by atoms with Crippen LogP contribution < -0.4 is 5.32 Å². The molecule has 6 heteroatoms. The molecule has 1 unspecified atom stereocenters. The second-order valence-corrected chi connectivity index (χ2v) is 4.58. The molecule has 3 rings (SSSR count). The number of anilines is 2. The summed E-state index contributed by atoms with van der Waals surface area (Å²) in [6, 6.07) is 3.75. The molecular formula is C12H15N5O. The monoisotopic (exact) mass is 245 g/mol. The van der Waals surface area contributed by atoms with E-state index in [4.69, 9.17) is 0 Å². The number of aromatic nitrogens is 4. The smallest absolute Gasteiger partial charge is 0.158 e. The molecule has 0 amide bonds. The van der Waals surface area contributed by atoms with Gasteiger partial charge in [0, 0.05) is 23.9 Å². The molecule has 2 aromatic rings. The van der Waals surface area contributed by atoms with Gasteiger partial charge >= 0.3 is 0 Å². The average Bonchev–Trinajstić information content (AvgIpc) is 3.11. The number of nitrogens with zero attached hydrogens (tertiary/aromatic N) is 3. The number of hydrogen-bond donors (Lipinski definition) is 3. The van der Waals surface area contributed by atoms with Crippen LogP contribution in [0.4, 0.5) is 11.6 Å². The van der Waals surface area contributed by atoms with Gasteiger partial charge in [-0.05, 0) is 25.8 Å². The minimum Gasteiger partial charge on any atom is -0.385 e. The number of rotatable bonds is 4. The van der Waals surface area contributed by atoms with Crippen LogP contribution in [-0.2, 0) is 0 Å². The molecule has 0 aromatic carbocycles. The molecule has 0 aliphatic heterocycles. The molecule has 2 heterocycles. The summed E-state index contributed by atoms with van der Waals surface area (Å²) >= 11 is 0. The van der Waals surface area contributed by atoms with Gasteiger partial charge in [-0.25, -0.2) is 9.97 Å². The van der Waals surface area contributed by atoms with E-state index < -0.39 is 6.10 Å². The first kappa shape index (κ1) is 11.2. The highest BCUT2D eigenvalue weighted by atomic mass is 16.3. The summed E-state index contributed by atoms with van der Waals surface area (Å²) in [6.07, 6.45) is 3.42. The highest BCUT2D eigenvalue weighted by Gasteiger charge is 2.25. The molecule has 0 radical (unpaired) electrons. The van der Waals surface area contributed by atoms with Gasteiger partial charge in [-0.2, -0.15) is 5.10 Å². The van der Waals surface area contributed by atoms with E-state index >= 15 is 0 Å². The van der Waals surface area contributed by atoms with E-state index in [1.54, 1.807) is 19.2 Å². The molecule has 0 spiro atoms. The Morgan fingerprint density at radius 2 is 2.28 bits per heavy atom. The zero-order valence-corrected chi connectivity index (χ0v) is 10.1. The second-order valence-electron chi connectivity index (χ2n) is 4.58. The number of H-pyrrole nitrogens is 1. The topological polar surface area (TPSA) is 86.7 Å². The molecule has 1 aliphatic rings. The molecule has 6 nitrogen and oxygen atoms in total. The number of aliphatic hydroxyl groups excluding tert-OH is 1. The zero-order chi connectivity index (χ0) is 12.5. The Balaban J connectivity index is 1.76. The van der Waals surface area contributed by atoms with Gasteiger partial charge in [0.25, 0.3) is 0 Å². The minimum atomic E-state index is -0.673. The molecular weight excluding hydrogens is 230 g/mol. The molecule has 1 aliphatic carbocycles. The Hall–Kier alpha value is -1.95. The van der Waals surface area contributed by atoms with Crippen molar-refractivity contribution < 1.29 is 5.11 Å². The van der Waals surface area contributed by atoms with Gasteiger partial charge in [0.15, 0.2) is 11.6 Å².